The molecule has 14 heavy (non-hydrogen) atoms. The van der Waals surface area contributed by atoms with Crippen molar-refractivity contribution in [2.75, 3.05) is 0 Å². The van der Waals surface area contributed by atoms with Crippen LogP contribution in [-0.2, 0) is 0 Å². The van der Waals surface area contributed by atoms with E-state index in [1.54, 1.807) is 0 Å². The fraction of sp³-hybridized carbons (Fsp3) is 0.250. The Morgan fingerprint density at radius 3 is 2.00 bits per heavy atom. The molecule has 0 fully saturated rings. The van der Waals surface area contributed by atoms with Crippen LogP contribution in [0.15, 0.2) is 12.1 Å². The molecule has 0 aliphatic rings. The number of benzene rings is 1. The van der Waals surface area contributed by atoms with E-state index in [4.69, 9.17) is 5.11 Å². The van der Waals surface area contributed by atoms with Crippen molar-refractivity contribution < 1.29 is 27.1 Å². The number of aliphatic hydroxyl groups is 1. The topological polar surface area (TPSA) is 20.2 Å². The molecule has 0 aliphatic heterocycles. The predicted octanol–water partition coefficient (Wildman–Crippen LogP) is 2.40. The first-order valence-electron chi connectivity index (χ1n) is 3.54. The lowest BCUT2D eigenvalue weighted by Crippen LogP contribution is -2.13. The number of halogens is 5. The van der Waals surface area contributed by atoms with Crippen molar-refractivity contribution in [3.63, 3.8) is 0 Å². The molecule has 1 nitrogen and oxygen atoms in total. The minimum atomic E-state index is -3.37. The van der Waals surface area contributed by atoms with Gasteiger partial charge in [-0.15, -0.1) is 0 Å². The summed E-state index contributed by atoms with van der Waals surface area (Å²) >= 11 is 0. The van der Waals surface area contributed by atoms with E-state index in [1.165, 1.54) is 0 Å². The van der Waals surface area contributed by atoms with Crippen LogP contribution >= 0.6 is 0 Å². The van der Waals surface area contributed by atoms with Gasteiger partial charge in [0, 0.05) is 0 Å². The summed E-state index contributed by atoms with van der Waals surface area (Å²) in [6.45, 7) is 0. The largest absolute Gasteiger partial charge is 0.382 e. The van der Waals surface area contributed by atoms with Crippen LogP contribution in [0.3, 0.4) is 0 Å². The molecule has 0 spiro atoms. The lowest BCUT2D eigenvalue weighted by atomic mass is 10.1. The lowest BCUT2D eigenvalue weighted by Gasteiger charge is -2.11. The molecule has 0 saturated carbocycles. The molecular formula is C8H5F5O. The third-order valence-electron chi connectivity index (χ3n) is 1.61. The number of hydrogen-bond donors (Lipinski definition) is 1. The maximum absolute atomic E-state index is 12.8. The first kappa shape index (κ1) is 10.9. The van der Waals surface area contributed by atoms with Gasteiger partial charge in [0.15, 0.2) is 11.6 Å². The number of aliphatic hydroxyl groups excluding tert-OH is 1. The first-order chi connectivity index (χ1) is 6.45. The number of rotatable bonds is 2. The van der Waals surface area contributed by atoms with E-state index < -0.39 is 35.5 Å². The maximum atomic E-state index is 12.8. The van der Waals surface area contributed by atoms with Gasteiger partial charge in [0.1, 0.15) is 11.9 Å². The van der Waals surface area contributed by atoms with Gasteiger partial charge in [0.05, 0.1) is 5.56 Å². The molecule has 1 aromatic carbocycles. The van der Waals surface area contributed by atoms with Gasteiger partial charge in [-0.25, -0.2) is 22.0 Å². The summed E-state index contributed by atoms with van der Waals surface area (Å²) in [6, 6.07) is 0.922. The Kier molecular flexibility index (Phi) is 3.05. The van der Waals surface area contributed by atoms with E-state index >= 15 is 0 Å². The van der Waals surface area contributed by atoms with Crippen LogP contribution in [0.25, 0.3) is 0 Å². The number of hydrogen-bond acceptors (Lipinski definition) is 1. The molecule has 0 aromatic heterocycles. The summed E-state index contributed by atoms with van der Waals surface area (Å²) in [4.78, 5) is 0. The molecule has 6 heteroatoms. The quantitative estimate of drug-likeness (QED) is 0.589. The molecule has 1 rings (SSSR count). The predicted molar refractivity (Wildman–Crippen MR) is 37.3 cm³/mol. The van der Waals surface area contributed by atoms with Gasteiger partial charge in [-0.2, -0.15) is 0 Å². The summed E-state index contributed by atoms with van der Waals surface area (Å²) in [7, 11) is 0. The normalized spacial score (nSPS) is 13.4. The van der Waals surface area contributed by atoms with E-state index in [9.17, 15) is 22.0 Å². The van der Waals surface area contributed by atoms with Gasteiger partial charge in [-0.3, -0.25) is 0 Å². The van der Waals surface area contributed by atoms with Crippen molar-refractivity contribution in [1.29, 1.82) is 0 Å². The van der Waals surface area contributed by atoms with Crippen LogP contribution in [0, 0.1) is 17.5 Å². The van der Waals surface area contributed by atoms with E-state index in [0.717, 1.165) is 0 Å². The Morgan fingerprint density at radius 2 is 1.50 bits per heavy atom. The van der Waals surface area contributed by atoms with Gasteiger partial charge < -0.3 is 5.11 Å². The van der Waals surface area contributed by atoms with Gasteiger partial charge in [-0.1, -0.05) is 0 Å². The van der Waals surface area contributed by atoms with Crippen LogP contribution in [0.2, 0.25) is 0 Å². The highest BCUT2D eigenvalue weighted by atomic mass is 19.3. The molecule has 1 N–H and O–H groups in total. The van der Waals surface area contributed by atoms with E-state index in [-0.39, 0.29) is 0 Å². The molecule has 0 bridgehead atoms. The zero-order valence-electron chi connectivity index (χ0n) is 6.65. The Balaban J connectivity index is 3.25. The average Bonchev–Trinajstić information content (AvgIpc) is 2.12. The highest BCUT2D eigenvalue weighted by Crippen LogP contribution is 2.26. The third kappa shape index (κ3) is 1.84. The zero-order valence-corrected chi connectivity index (χ0v) is 6.65. The molecular weight excluding hydrogens is 207 g/mol. The van der Waals surface area contributed by atoms with Crippen LogP contribution < -0.4 is 0 Å². The highest BCUT2D eigenvalue weighted by molar-refractivity contribution is 5.23. The Morgan fingerprint density at radius 1 is 1.00 bits per heavy atom. The van der Waals surface area contributed by atoms with Gasteiger partial charge >= 0.3 is 0 Å². The van der Waals surface area contributed by atoms with Crippen molar-refractivity contribution >= 4 is 0 Å². The molecule has 0 amide bonds. The first-order valence-corrected chi connectivity index (χ1v) is 3.54. The molecule has 78 valence electrons. The van der Waals surface area contributed by atoms with Crippen molar-refractivity contribution in [3.8, 4) is 0 Å². The molecule has 0 aliphatic carbocycles. The smallest absolute Gasteiger partial charge is 0.268 e. The van der Waals surface area contributed by atoms with Crippen LogP contribution in [0.1, 0.15) is 11.7 Å². The van der Waals surface area contributed by atoms with Gasteiger partial charge in [0.25, 0.3) is 6.43 Å². The van der Waals surface area contributed by atoms with Crippen molar-refractivity contribution in [3.05, 3.63) is 35.1 Å². The number of alkyl halides is 2. The summed E-state index contributed by atoms with van der Waals surface area (Å²) in [6.07, 6.45) is -6.04. The van der Waals surface area contributed by atoms with E-state index in [0.29, 0.717) is 12.1 Å². The zero-order chi connectivity index (χ0) is 10.9. The van der Waals surface area contributed by atoms with Crippen LogP contribution in [-0.4, -0.2) is 11.5 Å². The van der Waals surface area contributed by atoms with Crippen LogP contribution in [0.5, 0.6) is 0 Å². The molecule has 1 atom stereocenters. The summed E-state index contributed by atoms with van der Waals surface area (Å²) in [5.41, 5.74) is -1.35. The summed E-state index contributed by atoms with van der Waals surface area (Å²) in [5, 5.41) is 8.69. The fourth-order valence-electron chi connectivity index (χ4n) is 0.940. The van der Waals surface area contributed by atoms with Gasteiger partial charge in [0.2, 0.25) is 0 Å². The summed E-state index contributed by atoms with van der Waals surface area (Å²) < 4.78 is 61.8. The van der Waals surface area contributed by atoms with Crippen LogP contribution in [0.4, 0.5) is 22.0 Å². The highest BCUT2D eigenvalue weighted by Gasteiger charge is 2.27. The Hall–Kier alpha value is -1.17. The second kappa shape index (κ2) is 3.91. The molecule has 1 aromatic rings. The maximum Gasteiger partial charge on any atom is 0.268 e. The second-order valence-electron chi connectivity index (χ2n) is 2.54. The molecule has 0 radical (unpaired) electrons. The molecule has 0 saturated heterocycles. The second-order valence-corrected chi connectivity index (χ2v) is 2.54. The monoisotopic (exact) mass is 212 g/mol. The fourth-order valence-corrected chi connectivity index (χ4v) is 0.940. The SMILES string of the molecule is OC(c1c(F)ccc(F)c1F)C(F)F. The molecule has 1 unspecified atom stereocenters. The average molecular weight is 212 g/mol. The minimum Gasteiger partial charge on any atom is -0.382 e. The van der Waals surface area contributed by atoms with E-state index in [1.807, 2.05) is 0 Å². The summed E-state index contributed by atoms with van der Waals surface area (Å²) in [5.74, 6) is -4.68. The third-order valence-corrected chi connectivity index (χ3v) is 1.61. The Labute approximate surface area is 75.8 Å². The lowest BCUT2D eigenvalue weighted by molar-refractivity contribution is -0.0101. The van der Waals surface area contributed by atoms with Crippen molar-refractivity contribution in [2.24, 2.45) is 0 Å². The van der Waals surface area contributed by atoms with Crippen molar-refractivity contribution in [1.82, 2.24) is 0 Å². The minimum absolute atomic E-state index is 0.451. The van der Waals surface area contributed by atoms with Crippen molar-refractivity contribution in [2.45, 2.75) is 12.5 Å². The molecule has 0 heterocycles. The standard InChI is InChI=1S/C8H5F5O/c9-3-1-2-4(10)6(11)5(3)7(14)8(12)13/h1-2,7-8,14H. The van der Waals surface area contributed by atoms with Gasteiger partial charge in [-0.05, 0) is 12.1 Å². The Bertz CT molecular complexity index is 339. The van der Waals surface area contributed by atoms with E-state index in [2.05, 4.69) is 0 Å².